The molecule has 0 N–H and O–H groups in total. The van der Waals surface area contributed by atoms with Gasteiger partial charge in [-0.05, 0) is 59.3 Å². The number of hydrogen-bond acceptors (Lipinski definition) is 9. The molecular weight excluding hydrogens is 696 g/mol. The number of pyridine rings is 3. The SMILES string of the molecule is CCN1CC2CCc3cc(=O)c(OC)c(n32)C1=O.CCN1C[C@@H]2CCc3cc(=O)c(OC)c(n32)C1=O.CCN1C[C@H]2CCc3cc(=O)c(OC)c(n32)C1=O. The molecule has 288 valence electrons. The zero-order valence-electron chi connectivity index (χ0n) is 31.8. The van der Waals surface area contributed by atoms with E-state index in [1.807, 2.05) is 34.5 Å². The Morgan fingerprint density at radius 1 is 0.481 bits per heavy atom. The van der Waals surface area contributed by atoms with E-state index in [4.69, 9.17) is 14.2 Å². The highest BCUT2D eigenvalue weighted by molar-refractivity contribution is 5.97. The van der Waals surface area contributed by atoms with Crippen LogP contribution in [0.5, 0.6) is 17.2 Å². The molecule has 15 nitrogen and oxygen atoms in total. The molecule has 3 aromatic heterocycles. The summed E-state index contributed by atoms with van der Waals surface area (Å²) in [6.45, 7) is 10.1. The number of methoxy groups -OCH3 is 3. The molecule has 0 aromatic carbocycles. The molecule has 6 aliphatic heterocycles. The Balaban J connectivity index is 0.000000125. The van der Waals surface area contributed by atoms with Gasteiger partial charge in [-0.25, -0.2) is 0 Å². The van der Waals surface area contributed by atoms with E-state index < -0.39 is 0 Å². The fourth-order valence-corrected chi connectivity index (χ4v) is 9.12. The van der Waals surface area contributed by atoms with Crippen LogP contribution in [0, 0.1) is 0 Å². The summed E-state index contributed by atoms with van der Waals surface area (Å²) in [5, 5.41) is 0. The fraction of sp³-hybridized carbons (Fsp3) is 0.538. The third-order valence-corrected chi connectivity index (χ3v) is 11.7. The van der Waals surface area contributed by atoms with Crippen molar-refractivity contribution in [2.45, 2.75) is 77.4 Å². The predicted molar refractivity (Wildman–Crippen MR) is 199 cm³/mol. The molecule has 3 amide bonds. The summed E-state index contributed by atoms with van der Waals surface area (Å²) in [7, 11) is 4.34. The quantitative estimate of drug-likeness (QED) is 0.371. The van der Waals surface area contributed by atoms with Crippen molar-refractivity contribution in [1.82, 2.24) is 28.4 Å². The number of aromatic nitrogens is 3. The second-order valence-corrected chi connectivity index (χ2v) is 14.4. The number of ether oxygens (including phenoxy) is 3. The number of rotatable bonds is 6. The van der Waals surface area contributed by atoms with Gasteiger partial charge in [0.1, 0.15) is 0 Å². The molecule has 0 radical (unpaired) electrons. The molecule has 9 rings (SSSR count). The summed E-state index contributed by atoms with van der Waals surface area (Å²) in [4.78, 5) is 78.4. The molecule has 0 saturated heterocycles. The van der Waals surface area contributed by atoms with Gasteiger partial charge in [-0.15, -0.1) is 0 Å². The van der Waals surface area contributed by atoms with Gasteiger partial charge >= 0.3 is 0 Å². The summed E-state index contributed by atoms with van der Waals surface area (Å²) < 4.78 is 21.5. The molecule has 0 saturated carbocycles. The first-order valence-corrected chi connectivity index (χ1v) is 18.9. The highest BCUT2D eigenvalue weighted by Crippen LogP contribution is 2.37. The Labute approximate surface area is 312 Å². The topological polar surface area (TPSA) is 155 Å². The molecule has 0 spiro atoms. The van der Waals surface area contributed by atoms with Crippen molar-refractivity contribution in [3.05, 3.63) is 83.0 Å². The Kier molecular flexibility index (Phi) is 9.92. The summed E-state index contributed by atoms with van der Waals surface area (Å²) in [5.41, 5.74) is 3.64. The van der Waals surface area contributed by atoms with E-state index in [9.17, 15) is 28.8 Å². The second kappa shape index (κ2) is 14.5. The van der Waals surface area contributed by atoms with Crippen molar-refractivity contribution in [2.24, 2.45) is 0 Å². The van der Waals surface area contributed by atoms with Gasteiger partial charge in [0.25, 0.3) is 17.7 Å². The first-order chi connectivity index (χ1) is 26.0. The van der Waals surface area contributed by atoms with E-state index in [1.165, 1.54) is 21.3 Å². The first-order valence-electron chi connectivity index (χ1n) is 18.9. The van der Waals surface area contributed by atoms with E-state index in [0.717, 1.165) is 75.2 Å². The standard InChI is InChI=1S/3C13H16N2O3/c3*1-3-14-7-9-5-4-8-6-10(16)12(18-2)11(13(14)17)15(8)9/h3*6,9H,3-5,7H2,1-2H3/t2*9-;/m10./s1. The minimum Gasteiger partial charge on any atom is -0.491 e. The first kappa shape index (κ1) is 37.0. The molecule has 1 unspecified atom stereocenters. The summed E-state index contributed by atoms with van der Waals surface area (Å²) >= 11 is 0. The van der Waals surface area contributed by atoms with E-state index in [2.05, 4.69) is 0 Å². The van der Waals surface area contributed by atoms with Crippen LogP contribution in [0.4, 0.5) is 0 Å². The van der Waals surface area contributed by atoms with E-state index >= 15 is 0 Å². The lowest BCUT2D eigenvalue weighted by Crippen LogP contribution is -2.43. The lowest BCUT2D eigenvalue weighted by molar-refractivity contribution is 0.0670. The molecule has 0 fully saturated rings. The largest absolute Gasteiger partial charge is 0.491 e. The molecule has 0 bridgehead atoms. The smallest absolute Gasteiger partial charge is 0.274 e. The maximum atomic E-state index is 12.4. The van der Waals surface area contributed by atoms with E-state index in [1.54, 1.807) is 32.9 Å². The monoisotopic (exact) mass is 744 g/mol. The van der Waals surface area contributed by atoms with Crippen molar-refractivity contribution >= 4 is 17.7 Å². The fourth-order valence-electron chi connectivity index (χ4n) is 9.12. The number of likely N-dealkylation sites (N-methyl/N-ethyl adjacent to an activating group) is 3. The van der Waals surface area contributed by atoms with Gasteiger partial charge in [-0.1, -0.05) is 0 Å². The predicted octanol–water partition coefficient (Wildman–Crippen LogP) is 2.46. The molecule has 9 heterocycles. The van der Waals surface area contributed by atoms with Gasteiger partial charge in [0.15, 0.2) is 34.3 Å². The number of carbonyl (C=O) groups excluding carboxylic acids is 3. The van der Waals surface area contributed by atoms with Gasteiger partial charge in [0.05, 0.1) is 39.5 Å². The molecule has 15 heteroatoms. The van der Waals surface area contributed by atoms with Crippen molar-refractivity contribution in [1.29, 1.82) is 0 Å². The van der Waals surface area contributed by atoms with Gasteiger partial charge in [-0.3, -0.25) is 28.8 Å². The summed E-state index contributed by atoms with van der Waals surface area (Å²) in [5.74, 6) is 0.292. The molecule has 54 heavy (non-hydrogen) atoms. The van der Waals surface area contributed by atoms with Crippen LogP contribution in [0.25, 0.3) is 0 Å². The molecule has 3 aromatic rings. The van der Waals surface area contributed by atoms with Gasteiger partial charge in [0, 0.05) is 74.5 Å². The van der Waals surface area contributed by atoms with E-state index in [-0.39, 0.29) is 51.3 Å². The van der Waals surface area contributed by atoms with Gasteiger partial charge in [0.2, 0.25) is 16.3 Å². The van der Waals surface area contributed by atoms with E-state index in [0.29, 0.717) is 54.8 Å². The molecule has 6 aliphatic rings. The number of hydrogen-bond donors (Lipinski definition) is 0. The van der Waals surface area contributed by atoms with Crippen LogP contribution in [0.2, 0.25) is 0 Å². The average Bonchev–Trinajstić information content (AvgIpc) is 3.89. The van der Waals surface area contributed by atoms with Crippen molar-refractivity contribution in [3.63, 3.8) is 0 Å². The Bertz CT molecular complexity index is 1980. The molecule has 3 atom stereocenters. The van der Waals surface area contributed by atoms with Crippen LogP contribution in [0.1, 0.15) is 107 Å². The van der Waals surface area contributed by atoms with Crippen LogP contribution in [0.3, 0.4) is 0 Å². The molecule has 0 aliphatic carbocycles. The highest BCUT2D eigenvalue weighted by Gasteiger charge is 2.40. The maximum Gasteiger partial charge on any atom is 0.274 e. The number of amides is 3. The third kappa shape index (κ3) is 5.79. The van der Waals surface area contributed by atoms with Crippen molar-refractivity contribution in [3.8, 4) is 17.2 Å². The highest BCUT2D eigenvalue weighted by atomic mass is 16.5. The van der Waals surface area contributed by atoms with Crippen LogP contribution >= 0.6 is 0 Å². The maximum absolute atomic E-state index is 12.4. The van der Waals surface area contributed by atoms with Crippen molar-refractivity contribution in [2.75, 3.05) is 60.6 Å². The van der Waals surface area contributed by atoms with Crippen LogP contribution in [-0.2, 0) is 19.3 Å². The third-order valence-electron chi connectivity index (χ3n) is 11.7. The van der Waals surface area contributed by atoms with Crippen molar-refractivity contribution < 1.29 is 28.6 Å². The second-order valence-electron chi connectivity index (χ2n) is 14.4. The number of aryl methyl sites for hydroxylation is 3. The minimum atomic E-state index is -0.189. The zero-order chi connectivity index (χ0) is 38.6. The zero-order valence-corrected chi connectivity index (χ0v) is 31.8. The summed E-state index contributed by atoms with van der Waals surface area (Å²) in [6.07, 6.45) is 5.56. The number of nitrogens with zero attached hydrogens (tertiary/aromatic N) is 6. The number of carbonyl (C=O) groups is 3. The Hall–Kier alpha value is -5.34. The molecular formula is C39H48N6O9. The normalized spacial score (nSPS) is 21.1. The Morgan fingerprint density at radius 2 is 0.741 bits per heavy atom. The minimum absolute atomic E-state index is 0.0912. The van der Waals surface area contributed by atoms with Crippen LogP contribution < -0.4 is 30.5 Å². The van der Waals surface area contributed by atoms with Gasteiger partial charge < -0.3 is 42.6 Å². The van der Waals surface area contributed by atoms with Gasteiger partial charge in [-0.2, -0.15) is 0 Å². The Morgan fingerprint density at radius 3 is 0.963 bits per heavy atom. The van der Waals surface area contributed by atoms with Crippen LogP contribution in [-0.4, -0.2) is 107 Å². The lowest BCUT2D eigenvalue weighted by Gasteiger charge is -2.34. The summed E-state index contributed by atoms with van der Waals surface area (Å²) in [6, 6.07) is 5.71. The lowest BCUT2D eigenvalue weighted by atomic mass is 10.1. The average molecular weight is 745 g/mol. The van der Waals surface area contributed by atoms with Crippen LogP contribution in [0.15, 0.2) is 32.6 Å².